The van der Waals surface area contributed by atoms with Crippen LogP contribution in [0.3, 0.4) is 0 Å². The molecule has 0 aromatic heterocycles. The third-order valence-electron chi connectivity index (χ3n) is 1.22. The predicted octanol–water partition coefficient (Wildman–Crippen LogP) is 0.448. The molecule has 7 heavy (non-hydrogen) atoms. The first-order valence-electron chi connectivity index (χ1n) is 2.68. The minimum Gasteiger partial charge on any atom is -0.381 e. The molecule has 0 bridgehead atoms. The SMILES string of the molecule is [NH]C1CCOCC1. The predicted molar refractivity (Wildman–Crippen MR) is 26.9 cm³/mol. The van der Waals surface area contributed by atoms with Gasteiger partial charge in [0.25, 0.3) is 0 Å². The molecule has 1 N–H and O–H groups in total. The Labute approximate surface area is 43.6 Å². The molecule has 0 aromatic carbocycles. The first-order chi connectivity index (χ1) is 3.39. The maximum atomic E-state index is 7.19. The molecule has 1 rings (SSSR count). The maximum absolute atomic E-state index is 7.19. The van der Waals surface area contributed by atoms with E-state index < -0.39 is 0 Å². The van der Waals surface area contributed by atoms with Gasteiger partial charge in [0, 0.05) is 19.3 Å². The number of hydrogen-bond donors (Lipinski definition) is 0. The van der Waals surface area contributed by atoms with Crippen molar-refractivity contribution in [1.29, 1.82) is 0 Å². The Morgan fingerprint density at radius 2 is 1.86 bits per heavy atom. The summed E-state index contributed by atoms with van der Waals surface area (Å²) in [6, 6.07) is 0.161. The molecule has 2 nitrogen and oxygen atoms in total. The summed E-state index contributed by atoms with van der Waals surface area (Å²) in [5, 5.41) is 0. The van der Waals surface area contributed by atoms with E-state index in [9.17, 15) is 0 Å². The van der Waals surface area contributed by atoms with Crippen LogP contribution in [0.4, 0.5) is 0 Å². The lowest BCUT2D eigenvalue weighted by Crippen LogP contribution is -2.20. The fourth-order valence-corrected chi connectivity index (χ4v) is 0.698. The van der Waals surface area contributed by atoms with Crippen molar-refractivity contribution in [1.82, 2.24) is 5.73 Å². The van der Waals surface area contributed by atoms with Gasteiger partial charge in [-0.25, -0.2) is 0 Å². The van der Waals surface area contributed by atoms with Crippen LogP contribution in [0.1, 0.15) is 12.8 Å². The van der Waals surface area contributed by atoms with Crippen molar-refractivity contribution < 1.29 is 4.74 Å². The summed E-state index contributed by atoms with van der Waals surface area (Å²) in [5.41, 5.74) is 7.19. The van der Waals surface area contributed by atoms with Gasteiger partial charge in [-0.2, -0.15) is 0 Å². The summed E-state index contributed by atoms with van der Waals surface area (Å²) in [4.78, 5) is 0. The summed E-state index contributed by atoms with van der Waals surface area (Å²) < 4.78 is 5.02. The van der Waals surface area contributed by atoms with Crippen molar-refractivity contribution >= 4 is 0 Å². The highest BCUT2D eigenvalue weighted by molar-refractivity contribution is 4.62. The fraction of sp³-hybridized carbons (Fsp3) is 1.00. The highest BCUT2D eigenvalue weighted by atomic mass is 16.5. The van der Waals surface area contributed by atoms with E-state index in [0.717, 1.165) is 26.1 Å². The van der Waals surface area contributed by atoms with Gasteiger partial charge in [0.05, 0.1) is 0 Å². The standard InChI is InChI=1S/C5H10NO/c6-5-1-3-7-4-2-5/h5-6H,1-4H2. The largest absolute Gasteiger partial charge is 0.381 e. The van der Waals surface area contributed by atoms with Crippen molar-refractivity contribution in [2.75, 3.05) is 13.2 Å². The molecule has 0 amide bonds. The number of nitrogens with one attached hydrogen (secondary N) is 1. The van der Waals surface area contributed by atoms with Crippen LogP contribution in [0.2, 0.25) is 0 Å². The van der Waals surface area contributed by atoms with Crippen LogP contribution in [-0.2, 0) is 4.74 Å². The number of hydrogen-bond acceptors (Lipinski definition) is 1. The zero-order chi connectivity index (χ0) is 5.11. The quantitative estimate of drug-likeness (QED) is 0.435. The Morgan fingerprint density at radius 1 is 1.29 bits per heavy atom. The van der Waals surface area contributed by atoms with E-state index in [1.54, 1.807) is 0 Å². The average Bonchev–Trinajstić information content (AvgIpc) is 1.69. The summed E-state index contributed by atoms with van der Waals surface area (Å²) >= 11 is 0. The zero-order valence-corrected chi connectivity index (χ0v) is 4.31. The van der Waals surface area contributed by atoms with Crippen LogP contribution in [0, 0.1) is 0 Å². The number of ether oxygens (including phenoxy) is 1. The molecule has 0 saturated carbocycles. The topological polar surface area (TPSA) is 33.0 Å². The lowest BCUT2D eigenvalue weighted by Gasteiger charge is -2.15. The Hall–Kier alpha value is -0.0800. The van der Waals surface area contributed by atoms with Gasteiger partial charge in [-0.3, -0.25) is 5.73 Å². The van der Waals surface area contributed by atoms with E-state index in [2.05, 4.69) is 0 Å². The molecule has 0 spiro atoms. The van der Waals surface area contributed by atoms with Gasteiger partial charge < -0.3 is 4.74 Å². The van der Waals surface area contributed by atoms with Crippen LogP contribution < -0.4 is 5.73 Å². The fourth-order valence-electron chi connectivity index (χ4n) is 0.698. The van der Waals surface area contributed by atoms with E-state index in [1.165, 1.54) is 0 Å². The molecule has 1 heterocycles. The normalized spacial score (nSPS) is 25.3. The summed E-state index contributed by atoms with van der Waals surface area (Å²) in [5.74, 6) is 0. The molecule has 2 heteroatoms. The van der Waals surface area contributed by atoms with Crippen LogP contribution in [0.5, 0.6) is 0 Å². The van der Waals surface area contributed by atoms with Crippen LogP contribution in [-0.4, -0.2) is 19.3 Å². The molecular formula is C5H10NO. The minimum absolute atomic E-state index is 0.161. The number of rotatable bonds is 0. The molecule has 0 aliphatic carbocycles. The Morgan fingerprint density at radius 3 is 2.14 bits per heavy atom. The monoisotopic (exact) mass is 100 g/mol. The van der Waals surface area contributed by atoms with Gasteiger partial charge >= 0.3 is 0 Å². The van der Waals surface area contributed by atoms with Crippen molar-refractivity contribution in [2.24, 2.45) is 0 Å². The highest BCUT2D eigenvalue weighted by Crippen LogP contribution is 2.03. The third-order valence-corrected chi connectivity index (χ3v) is 1.22. The van der Waals surface area contributed by atoms with Crippen molar-refractivity contribution in [3.63, 3.8) is 0 Å². The summed E-state index contributed by atoms with van der Waals surface area (Å²) in [6.07, 6.45) is 1.86. The second-order valence-corrected chi connectivity index (χ2v) is 1.89. The molecule has 0 unspecified atom stereocenters. The van der Waals surface area contributed by atoms with E-state index in [0.29, 0.717) is 0 Å². The molecule has 0 atom stereocenters. The minimum atomic E-state index is 0.161. The Kier molecular flexibility index (Phi) is 1.65. The molecule has 0 aromatic rings. The van der Waals surface area contributed by atoms with Crippen LogP contribution in [0.15, 0.2) is 0 Å². The van der Waals surface area contributed by atoms with Crippen LogP contribution >= 0.6 is 0 Å². The highest BCUT2D eigenvalue weighted by Gasteiger charge is 2.07. The van der Waals surface area contributed by atoms with Gasteiger partial charge in [-0.1, -0.05) is 0 Å². The van der Waals surface area contributed by atoms with E-state index in [4.69, 9.17) is 10.5 Å². The van der Waals surface area contributed by atoms with E-state index in [-0.39, 0.29) is 6.04 Å². The third kappa shape index (κ3) is 1.45. The second kappa shape index (κ2) is 2.28. The van der Waals surface area contributed by atoms with Crippen molar-refractivity contribution in [3.8, 4) is 0 Å². The molecule has 1 fully saturated rings. The van der Waals surface area contributed by atoms with Crippen molar-refractivity contribution in [2.45, 2.75) is 18.9 Å². The first-order valence-corrected chi connectivity index (χ1v) is 2.68. The van der Waals surface area contributed by atoms with E-state index >= 15 is 0 Å². The van der Waals surface area contributed by atoms with Gasteiger partial charge in [0.15, 0.2) is 0 Å². The molecule has 1 aliphatic heterocycles. The molecule has 41 valence electrons. The second-order valence-electron chi connectivity index (χ2n) is 1.89. The first kappa shape index (κ1) is 5.06. The van der Waals surface area contributed by atoms with Gasteiger partial charge in [-0.05, 0) is 12.8 Å². The molecule has 1 radical (unpaired) electrons. The maximum Gasteiger partial charge on any atom is 0.0481 e. The zero-order valence-electron chi connectivity index (χ0n) is 4.31. The van der Waals surface area contributed by atoms with Gasteiger partial charge in [0.2, 0.25) is 0 Å². The lowest BCUT2D eigenvalue weighted by atomic mass is 10.1. The smallest absolute Gasteiger partial charge is 0.0481 e. The van der Waals surface area contributed by atoms with Gasteiger partial charge in [0.1, 0.15) is 0 Å². The van der Waals surface area contributed by atoms with Crippen LogP contribution in [0.25, 0.3) is 0 Å². The molecule has 1 aliphatic rings. The summed E-state index contributed by atoms with van der Waals surface area (Å²) in [7, 11) is 0. The lowest BCUT2D eigenvalue weighted by molar-refractivity contribution is 0.0852. The molecule has 1 saturated heterocycles. The average molecular weight is 100 g/mol. The van der Waals surface area contributed by atoms with E-state index in [1.807, 2.05) is 0 Å². The summed E-state index contributed by atoms with van der Waals surface area (Å²) in [6.45, 7) is 1.60. The van der Waals surface area contributed by atoms with Crippen molar-refractivity contribution in [3.05, 3.63) is 0 Å². The van der Waals surface area contributed by atoms with Gasteiger partial charge in [-0.15, -0.1) is 0 Å². The Balaban J connectivity index is 2.12. The Bertz CT molecular complexity index is 50.0. The molecular weight excluding hydrogens is 90.1 g/mol.